The number of rotatable bonds is 10. The van der Waals surface area contributed by atoms with Gasteiger partial charge in [0.25, 0.3) is 0 Å². The summed E-state index contributed by atoms with van der Waals surface area (Å²) in [6, 6.07) is 15.2. The van der Waals surface area contributed by atoms with E-state index < -0.39 is 6.61 Å². The Labute approximate surface area is 212 Å². The predicted molar refractivity (Wildman–Crippen MR) is 132 cm³/mol. The number of thioether (sulfide) groups is 1. The molecule has 3 aromatic rings. The lowest BCUT2D eigenvalue weighted by molar-refractivity contribution is -0.133. The maximum atomic E-state index is 12.1. The Hall–Kier alpha value is -3.73. The normalized spacial score (nSPS) is 13.0. The second-order valence-electron chi connectivity index (χ2n) is 7.94. The van der Waals surface area contributed by atoms with Crippen molar-refractivity contribution in [3.05, 3.63) is 65.5 Å². The van der Waals surface area contributed by atoms with E-state index in [4.69, 9.17) is 9.72 Å². The third kappa shape index (κ3) is 6.09. The van der Waals surface area contributed by atoms with E-state index in [2.05, 4.69) is 26.8 Å². The molecule has 0 amide bonds. The number of alkyl halides is 2. The molecule has 1 aliphatic rings. The van der Waals surface area contributed by atoms with Crippen molar-refractivity contribution >= 4 is 17.6 Å². The molecule has 184 valence electrons. The van der Waals surface area contributed by atoms with E-state index in [0.717, 1.165) is 31.5 Å². The summed E-state index contributed by atoms with van der Waals surface area (Å²) in [5.74, 6) is 1.63. The number of hydrogen-bond donors (Lipinski definition) is 0. The van der Waals surface area contributed by atoms with Gasteiger partial charge in [0.05, 0.1) is 12.2 Å². The van der Waals surface area contributed by atoms with Gasteiger partial charge in [-0.2, -0.15) is 19.3 Å². The minimum Gasteiger partial charge on any atom is -0.491 e. The highest BCUT2D eigenvalue weighted by atomic mass is 32.2. The third-order valence-corrected chi connectivity index (χ3v) is 6.66. The summed E-state index contributed by atoms with van der Waals surface area (Å²) < 4.78 is 33.9. The molecule has 0 radical (unpaired) electrons. The zero-order chi connectivity index (χ0) is 25.3. The van der Waals surface area contributed by atoms with Crippen molar-refractivity contribution in [2.45, 2.75) is 30.2 Å². The summed E-state index contributed by atoms with van der Waals surface area (Å²) in [4.78, 5) is 11.0. The van der Waals surface area contributed by atoms with Crippen molar-refractivity contribution in [2.24, 2.45) is 0 Å². The van der Waals surface area contributed by atoms with E-state index in [1.54, 1.807) is 36.7 Å². The predicted octanol–water partition coefficient (Wildman–Crippen LogP) is 5.40. The first-order valence-electron chi connectivity index (χ1n) is 11.4. The fourth-order valence-electron chi connectivity index (χ4n) is 3.96. The molecular weight excluding hydrogens is 484 g/mol. The molecule has 0 aliphatic carbocycles. The quantitative estimate of drug-likeness (QED) is 0.266. The van der Waals surface area contributed by atoms with Crippen LogP contribution in [0.4, 0.5) is 14.6 Å². The van der Waals surface area contributed by atoms with Gasteiger partial charge in [0.2, 0.25) is 0 Å². The van der Waals surface area contributed by atoms with Crippen molar-refractivity contribution in [3.63, 3.8) is 0 Å². The summed E-state index contributed by atoms with van der Waals surface area (Å²) in [7, 11) is 0. The lowest BCUT2D eigenvalue weighted by Gasteiger charge is -2.22. The van der Waals surface area contributed by atoms with E-state index in [1.807, 2.05) is 12.1 Å². The van der Waals surface area contributed by atoms with Crippen LogP contribution in [-0.2, 0) is 10.5 Å². The van der Waals surface area contributed by atoms with Gasteiger partial charge in [-0.25, -0.2) is 4.98 Å². The van der Waals surface area contributed by atoms with Crippen LogP contribution in [0.25, 0.3) is 11.1 Å². The Morgan fingerprint density at radius 1 is 1.03 bits per heavy atom. The van der Waals surface area contributed by atoms with Crippen molar-refractivity contribution in [1.82, 2.24) is 9.97 Å². The molecule has 7 nitrogen and oxygen atoms in total. The number of aromatic nitrogens is 2. The summed E-state index contributed by atoms with van der Waals surface area (Å²) >= 11 is 1.44. The molecule has 1 fully saturated rings. The first-order valence-corrected chi connectivity index (χ1v) is 12.4. The van der Waals surface area contributed by atoms with Crippen LogP contribution in [0.2, 0.25) is 0 Å². The number of pyridine rings is 2. The van der Waals surface area contributed by atoms with Crippen molar-refractivity contribution in [2.75, 3.05) is 31.2 Å². The molecule has 0 bridgehead atoms. The topological polar surface area (TPSA) is 95.1 Å². The zero-order valence-corrected chi connectivity index (χ0v) is 20.2. The van der Waals surface area contributed by atoms with Gasteiger partial charge >= 0.3 is 6.61 Å². The van der Waals surface area contributed by atoms with E-state index in [0.29, 0.717) is 44.6 Å². The average molecular weight is 508 g/mol. The summed E-state index contributed by atoms with van der Waals surface area (Å²) in [6.45, 7) is -1.51. The zero-order valence-electron chi connectivity index (χ0n) is 19.4. The van der Waals surface area contributed by atoms with Gasteiger partial charge in [-0.1, -0.05) is 18.2 Å². The smallest absolute Gasteiger partial charge is 0.345 e. The van der Waals surface area contributed by atoms with Crippen LogP contribution in [-0.4, -0.2) is 42.9 Å². The van der Waals surface area contributed by atoms with Crippen LogP contribution in [0.5, 0.6) is 5.75 Å². The fraction of sp³-hybridized carbons (Fsp3) is 0.308. The molecule has 2 aromatic heterocycles. The molecular formula is C26H23F2N5O2S. The van der Waals surface area contributed by atoms with Gasteiger partial charge in [0, 0.05) is 36.8 Å². The van der Waals surface area contributed by atoms with E-state index in [9.17, 15) is 19.3 Å². The highest BCUT2D eigenvalue weighted by Crippen LogP contribution is 2.39. The second-order valence-corrected chi connectivity index (χ2v) is 8.90. The van der Waals surface area contributed by atoms with Crippen LogP contribution < -0.4 is 9.64 Å². The molecule has 0 unspecified atom stereocenters. The molecule has 0 spiro atoms. The first-order chi connectivity index (χ1) is 17.6. The Morgan fingerprint density at radius 3 is 2.42 bits per heavy atom. The highest BCUT2D eigenvalue weighted by Gasteiger charge is 2.26. The summed E-state index contributed by atoms with van der Waals surface area (Å²) in [5, 5.41) is 20.8. The largest absolute Gasteiger partial charge is 0.491 e. The van der Waals surface area contributed by atoms with E-state index in [-0.39, 0.29) is 13.2 Å². The monoisotopic (exact) mass is 507 g/mol. The number of halogens is 2. The number of benzene rings is 1. The van der Waals surface area contributed by atoms with Crippen molar-refractivity contribution in [3.8, 4) is 29.0 Å². The maximum absolute atomic E-state index is 12.1. The Balaban J connectivity index is 1.70. The third-order valence-electron chi connectivity index (χ3n) is 5.61. The van der Waals surface area contributed by atoms with E-state index >= 15 is 0 Å². The van der Waals surface area contributed by atoms with Crippen LogP contribution in [0.1, 0.15) is 29.5 Å². The minimum absolute atomic E-state index is 0.0277. The summed E-state index contributed by atoms with van der Waals surface area (Å²) in [6.07, 6.45) is 5.51. The molecule has 1 saturated heterocycles. The molecule has 0 N–H and O–H groups in total. The molecule has 36 heavy (non-hydrogen) atoms. The number of ether oxygens (including phenoxy) is 2. The molecule has 3 heterocycles. The molecule has 0 saturated carbocycles. The number of hydrogen-bond acceptors (Lipinski definition) is 8. The highest BCUT2D eigenvalue weighted by molar-refractivity contribution is 7.98. The molecule has 0 atom stereocenters. The van der Waals surface area contributed by atoms with Gasteiger partial charge in [-0.15, -0.1) is 11.8 Å². The number of anilines is 1. The first kappa shape index (κ1) is 25.4. The average Bonchev–Trinajstić information content (AvgIpc) is 3.45. The maximum Gasteiger partial charge on any atom is 0.345 e. The molecule has 4 rings (SSSR count). The van der Waals surface area contributed by atoms with Gasteiger partial charge in [-0.3, -0.25) is 4.98 Å². The molecule has 1 aromatic carbocycles. The second kappa shape index (κ2) is 12.3. The van der Waals surface area contributed by atoms with Crippen LogP contribution in [0.3, 0.4) is 0 Å². The lowest BCUT2D eigenvalue weighted by Crippen LogP contribution is -2.21. The van der Waals surface area contributed by atoms with E-state index in [1.165, 1.54) is 11.8 Å². The standard InChI is InChI=1S/C26H23F2N5O2S/c27-26(28)35-13-12-34-20-7-5-19(6-8-20)23-21(14-29)24(33-10-1-2-11-33)32-25(22(23)15-30)36-17-18-4-3-9-31-16-18/h3-9,16,26H,1-2,10-13,17H2. The minimum atomic E-state index is -2.84. The Bertz CT molecular complexity index is 1250. The Morgan fingerprint density at radius 2 is 1.78 bits per heavy atom. The summed E-state index contributed by atoms with van der Waals surface area (Å²) in [5.41, 5.74) is 2.89. The van der Waals surface area contributed by atoms with Crippen molar-refractivity contribution < 1.29 is 18.3 Å². The van der Waals surface area contributed by atoms with Crippen LogP contribution >= 0.6 is 11.8 Å². The Kier molecular flexibility index (Phi) is 8.66. The van der Waals surface area contributed by atoms with Gasteiger partial charge < -0.3 is 14.4 Å². The molecule has 1 aliphatic heterocycles. The van der Waals surface area contributed by atoms with Gasteiger partial charge in [0.15, 0.2) is 0 Å². The SMILES string of the molecule is N#Cc1c(SCc2cccnc2)nc(N2CCCC2)c(C#N)c1-c1ccc(OCCOC(F)F)cc1. The lowest BCUT2D eigenvalue weighted by atomic mass is 9.96. The fourth-order valence-corrected chi connectivity index (χ4v) is 4.88. The van der Waals surface area contributed by atoms with Crippen LogP contribution in [0.15, 0.2) is 53.8 Å². The number of nitriles is 2. The molecule has 10 heteroatoms. The van der Waals surface area contributed by atoms with Gasteiger partial charge in [-0.05, 0) is 42.2 Å². The van der Waals surface area contributed by atoms with Crippen LogP contribution in [0, 0.1) is 22.7 Å². The van der Waals surface area contributed by atoms with Gasteiger partial charge in [0.1, 0.15) is 40.9 Å². The van der Waals surface area contributed by atoms with Crippen molar-refractivity contribution in [1.29, 1.82) is 10.5 Å². The number of nitrogens with zero attached hydrogens (tertiary/aromatic N) is 5.